The van der Waals surface area contributed by atoms with E-state index < -0.39 is 23.7 Å². The predicted molar refractivity (Wildman–Crippen MR) is 118 cm³/mol. The normalized spacial score (nSPS) is 15.5. The lowest BCUT2D eigenvalue weighted by molar-refractivity contribution is -0.122. The summed E-state index contributed by atoms with van der Waals surface area (Å²) in [6.45, 7) is 3.79. The number of anilines is 1. The van der Waals surface area contributed by atoms with Crippen LogP contribution in [0.3, 0.4) is 0 Å². The number of benzene rings is 2. The van der Waals surface area contributed by atoms with Gasteiger partial charge in [-0.05, 0) is 66.2 Å². The molecule has 0 atom stereocenters. The zero-order chi connectivity index (χ0) is 22.3. The van der Waals surface area contributed by atoms with Crippen molar-refractivity contribution in [1.29, 1.82) is 0 Å². The summed E-state index contributed by atoms with van der Waals surface area (Å²) in [6.07, 6.45) is 1.45. The molecular weight excluding hydrogens is 465 g/mol. The first-order chi connectivity index (χ1) is 14.8. The summed E-state index contributed by atoms with van der Waals surface area (Å²) >= 11 is 3.56. The fraction of sp³-hybridized carbons (Fsp3) is 0.0870. The van der Waals surface area contributed by atoms with Gasteiger partial charge in [0.05, 0.1) is 5.69 Å². The number of carbonyl (C=O) groups is 3. The highest BCUT2D eigenvalue weighted by Gasteiger charge is 2.37. The summed E-state index contributed by atoms with van der Waals surface area (Å²) in [7, 11) is 0. The van der Waals surface area contributed by atoms with E-state index in [-0.39, 0.29) is 11.3 Å². The van der Waals surface area contributed by atoms with Crippen molar-refractivity contribution in [3.63, 3.8) is 0 Å². The number of nitrogens with zero attached hydrogens (tertiary/aromatic N) is 2. The molecule has 0 bridgehead atoms. The summed E-state index contributed by atoms with van der Waals surface area (Å²) in [5.74, 6) is -2.23. The topological polar surface area (TPSA) is 71.4 Å². The first-order valence-corrected chi connectivity index (χ1v) is 10.2. The zero-order valence-electron chi connectivity index (χ0n) is 16.6. The van der Waals surface area contributed by atoms with Gasteiger partial charge < -0.3 is 4.57 Å². The second-order valence-corrected chi connectivity index (χ2v) is 7.80. The Labute approximate surface area is 186 Å². The Kier molecular flexibility index (Phi) is 5.32. The number of halogens is 2. The minimum atomic E-state index is -0.924. The van der Waals surface area contributed by atoms with Gasteiger partial charge in [0.25, 0.3) is 11.8 Å². The van der Waals surface area contributed by atoms with Gasteiger partial charge >= 0.3 is 6.03 Å². The largest absolute Gasteiger partial charge is 0.335 e. The number of amides is 4. The molecule has 2 aromatic carbocycles. The highest BCUT2D eigenvalue weighted by atomic mass is 79.9. The molecule has 3 aromatic rings. The monoisotopic (exact) mass is 481 g/mol. The Morgan fingerprint density at radius 1 is 0.935 bits per heavy atom. The van der Waals surface area contributed by atoms with Crippen LogP contribution in [0.5, 0.6) is 0 Å². The number of hydrogen-bond donors (Lipinski definition) is 1. The van der Waals surface area contributed by atoms with Crippen molar-refractivity contribution < 1.29 is 18.8 Å². The molecule has 0 unspecified atom stereocenters. The first kappa shape index (κ1) is 20.7. The van der Waals surface area contributed by atoms with Crippen molar-refractivity contribution in [2.24, 2.45) is 0 Å². The number of para-hydroxylation sites is 1. The first-order valence-electron chi connectivity index (χ1n) is 9.39. The highest BCUT2D eigenvalue weighted by Crippen LogP contribution is 2.33. The van der Waals surface area contributed by atoms with Gasteiger partial charge in [0.15, 0.2) is 0 Å². The molecule has 156 valence electrons. The van der Waals surface area contributed by atoms with Crippen LogP contribution in [0.4, 0.5) is 14.9 Å². The molecule has 0 saturated carbocycles. The molecule has 2 heterocycles. The van der Waals surface area contributed by atoms with Crippen LogP contribution in [0.25, 0.3) is 11.8 Å². The average molecular weight is 482 g/mol. The van der Waals surface area contributed by atoms with Crippen LogP contribution in [-0.2, 0) is 9.59 Å². The second-order valence-electron chi connectivity index (χ2n) is 7.01. The van der Waals surface area contributed by atoms with Crippen LogP contribution in [0, 0.1) is 19.7 Å². The van der Waals surface area contributed by atoms with E-state index in [4.69, 9.17) is 0 Å². The van der Waals surface area contributed by atoms with Crippen molar-refractivity contribution in [2.45, 2.75) is 13.8 Å². The molecule has 1 aromatic heterocycles. The van der Waals surface area contributed by atoms with E-state index in [0.717, 1.165) is 32.5 Å². The molecule has 1 aliphatic rings. The van der Waals surface area contributed by atoms with E-state index in [0.29, 0.717) is 5.56 Å². The van der Waals surface area contributed by atoms with E-state index in [2.05, 4.69) is 21.2 Å². The van der Waals surface area contributed by atoms with Crippen LogP contribution in [0.1, 0.15) is 17.0 Å². The standard InChI is InChI=1S/C23H17BrFN3O3/c1-13-18(20(24)14(2)27(13)16-8-4-3-5-9-16)12-19-21(29)26-23(31)28(22(19)30)17-10-6-7-15(25)11-17/h3-12H,1-2H3,(H,26,29,31)/b19-12+. The van der Waals surface area contributed by atoms with Gasteiger partial charge in [-0.1, -0.05) is 24.3 Å². The molecule has 0 spiro atoms. The summed E-state index contributed by atoms with van der Waals surface area (Å²) in [6, 6.07) is 13.8. The minimum absolute atomic E-state index is 0.0368. The number of hydrogen-bond acceptors (Lipinski definition) is 3. The number of carbonyl (C=O) groups excluding carboxylic acids is 3. The summed E-state index contributed by atoms with van der Waals surface area (Å²) in [4.78, 5) is 38.6. The zero-order valence-corrected chi connectivity index (χ0v) is 18.2. The number of barbiturate groups is 1. The SMILES string of the molecule is Cc1c(Br)c(/C=C2\C(=O)NC(=O)N(c3cccc(F)c3)C2=O)c(C)n1-c1ccccc1. The van der Waals surface area contributed by atoms with E-state index in [1.54, 1.807) is 0 Å². The number of aromatic nitrogens is 1. The molecule has 0 aliphatic carbocycles. The summed E-state index contributed by atoms with van der Waals surface area (Å²) in [5, 5.41) is 2.15. The fourth-order valence-corrected chi connectivity index (χ4v) is 4.19. The van der Waals surface area contributed by atoms with Crippen molar-refractivity contribution in [2.75, 3.05) is 4.90 Å². The molecule has 1 aliphatic heterocycles. The number of rotatable bonds is 3. The Morgan fingerprint density at radius 3 is 2.29 bits per heavy atom. The van der Waals surface area contributed by atoms with Gasteiger partial charge in [-0.3, -0.25) is 14.9 Å². The highest BCUT2D eigenvalue weighted by molar-refractivity contribution is 9.10. The van der Waals surface area contributed by atoms with Gasteiger partial charge in [-0.15, -0.1) is 0 Å². The smallest absolute Gasteiger partial charge is 0.317 e. The molecule has 8 heteroatoms. The maximum atomic E-state index is 13.7. The predicted octanol–water partition coefficient (Wildman–Crippen LogP) is 4.66. The molecule has 1 N–H and O–H groups in total. The fourth-order valence-electron chi connectivity index (χ4n) is 3.61. The molecular formula is C23H17BrFN3O3. The Balaban J connectivity index is 1.82. The molecule has 6 nitrogen and oxygen atoms in total. The third-order valence-corrected chi connectivity index (χ3v) is 6.09. The van der Waals surface area contributed by atoms with Crippen molar-refractivity contribution in [3.05, 3.63) is 87.4 Å². The third-order valence-electron chi connectivity index (χ3n) is 5.09. The van der Waals surface area contributed by atoms with Gasteiger partial charge in [0.1, 0.15) is 11.4 Å². The second kappa shape index (κ2) is 7.96. The minimum Gasteiger partial charge on any atom is -0.317 e. The number of nitrogens with one attached hydrogen (secondary N) is 1. The van der Waals surface area contributed by atoms with Gasteiger partial charge in [0, 0.05) is 27.1 Å². The Hall–Kier alpha value is -3.52. The maximum Gasteiger partial charge on any atom is 0.335 e. The van der Waals surface area contributed by atoms with E-state index >= 15 is 0 Å². The molecule has 0 radical (unpaired) electrons. The van der Waals surface area contributed by atoms with E-state index in [9.17, 15) is 18.8 Å². The molecule has 4 amide bonds. The number of urea groups is 1. The maximum absolute atomic E-state index is 13.7. The Bertz CT molecular complexity index is 1260. The molecule has 31 heavy (non-hydrogen) atoms. The van der Waals surface area contributed by atoms with Crippen molar-refractivity contribution in [3.8, 4) is 5.69 Å². The summed E-state index contributed by atoms with van der Waals surface area (Å²) < 4.78 is 16.4. The average Bonchev–Trinajstić information content (AvgIpc) is 2.94. The van der Waals surface area contributed by atoms with Crippen LogP contribution >= 0.6 is 15.9 Å². The summed E-state index contributed by atoms with van der Waals surface area (Å²) in [5.41, 5.74) is 3.06. The van der Waals surface area contributed by atoms with Gasteiger partial charge in [-0.2, -0.15) is 0 Å². The molecule has 1 saturated heterocycles. The number of imide groups is 2. The molecule has 1 fully saturated rings. The quantitative estimate of drug-likeness (QED) is 0.436. The van der Waals surface area contributed by atoms with E-state index in [1.807, 2.05) is 48.7 Å². The van der Waals surface area contributed by atoms with Crippen molar-refractivity contribution >= 4 is 45.5 Å². The van der Waals surface area contributed by atoms with Crippen LogP contribution < -0.4 is 10.2 Å². The lowest BCUT2D eigenvalue weighted by Crippen LogP contribution is -2.54. The van der Waals surface area contributed by atoms with Crippen molar-refractivity contribution in [1.82, 2.24) is 9.88 Å². The van der Waals surface area contributed by atoms with Gasteiger partial charge in [0.2, 0.25) is 0 Å². The van der Waals surface area contributed by atoms with Crippen LogP contribution in [0.2, 0.25) is 0 Å². The third kappa shape index (κ3) is 3.59. The van der Waals surface area contributed by atoms with Crippen LogP contribution in [0.15, 0.2) is 64.6 Å². The lowest BCUT2D eigenvalue weighted by Gasteiger charge is -2.26. The molecule has 4 rings (SSSR count). The lowest BCUT2D eigenvalue weighted by atomic mass is 10.1. The van der Waals surface area contributed by atoms with Gasteiger partial charge in [-0.25, -0.2) is 14.1 Å². The van der Waals surface area contributed by atoms with E-state index in [1.165, 1.54) is 24.3 Å². The van der Waals surface area contributed by atoms with Crippen LogP contribution in [-0.4, -0.2) is 22.4 Å². The Morgan fingerprint density at radius 2 is 1.61 bits per heavy atom.